The number of carbonyl (C=O) groups is 2. The van der Waals surface area contributed by atoms with Crippen LogP contribution in [-0.4, -0.2) is 35.4 Å². The topological polar surface area (TPSA) is 58.6 Å². The molecule has 6 heteroatoms. The zero-order valence-corrected chi connectivity index (χ0v) is 17.7. The quantitative estimate of drug-likeness (QED) is 0.734. The molecule has 1 unspecified atom stereocenters. The van der Waals surface area contributed by atoms with E-state index in [0.717, 1.165) is 16.7 Å². The first-order chi connectivity index (χ1) is 13.7. The summed E-state index contributed by atoms with van der Waals surface area (Å²) in [6.07, 6.45) is 0. The molecule has 2 aromatic rings. The number of nitrogens with zero attached hydrogens (tertiary/aromatic N) is 1. The molecule has 2 rings (SSSR count). The average Bonchev–Trinajstić information content (AvgIpc) is 2.67. The highest BCUT2D eigenvalue weighted by molar-refractivity contribution is 5.88. The lowest BCUT2D eigenvalue weighted by atomic mass is 10.1. The molecule has 0 radical (unpaired) electrons. The van der Waals surface area contributed by atoms with Gasteiger partial charge in [-0.2, -0.15) is 0 Å². The van der Waals surface area contributed by atoms with E-state index in [0.29, 0.717) is 5.75 Å². The number of carbonyl (C=O) groups excluding carboxylic acids is 2. The summed E-state index contributed by atoms with van der Waals surface area (Å²) in [7, 11) is 0. The van der Waals surface area contributed by atoms with Gasteiger partial charge in [0, 0.05) is 12.6 Å². The van der Waals surface area contributed by atoms with Gasteiger partial charge in [-0.25, -0.2) is 4.39 Å². The highest BCUT2D eigenvalue weighted by Crippen LogP contribution is 2.21. The zero-order chi connectivity index (χ0) is 21.6. The molecule has 0 aromatic heterocycles. The lowest BCUT2D eigenvalue weighted by molar-refractivity contribution is -0.142. The molecule has 5 nitrogen and oxygen atoms in total. The minimum atomic E-state index is -0.697. The Kier molecular flexibility index (Phi) is 7.76. The van der Waals surface area contributed by atoms with Crippen molar-refractivity contribution in [2.45, 2.75) is 53.2 Å². The van der Waals surface area contributed by atoms with E-state index in [1.54, 1.807) is 19.1 Å². The Morgan fingerprint density at radius 2 is 1.72 bits per heavy atom. The van der Waals surface area contributed by atoms with E-state index in [2.05, 4.69) is 5.32 Å². The van der Waals surface area contributed by atoms with Crippen molar-refractivity contribution in [3.8, 4) is 5.75 Å². The molecule has 29 heavy (non-hydrogen) atoms. The first-order valence-corrected chi connectivity index (χ1v) is 9.72. The van der Waals surface area contributed by atoms with Crippen LogP contribution in [0.2, 0.25) is 0 Å². The molecule has 0 bridgehead atoms. The summed E-state index contributed by atoms with van der Waals surface area (Å²) in [6.45, 7) is 9.30. The van der Waals surface area contributed by atoms with Gasteiger partial charge in [-0.1, -0.05) is 24.3 Å². The van der Waals surface area contributed by atoms with Gasteiger partial charge in [-0.05, 0) is 69.5 Å². The number of rotatable bonds is 8. The first-order valence-electron chi connectivity index (χ1n) is 9.72. The largest absolute Gasteiger partial charge is 0.483 e. The van der Waals surface area contributed by atoms with Crippen molar-refractivity contribution in [2.75, 3.05) is 6.61 Å². The Morgan fingerprint density at radius 3 is 2.34 bits per heavy atom. The van der Waals surface area contributed by atoms with Crippen LogP contribution in [0.15, 0.2) is 42.5 Å². The summed E-state index contributed by atoms with van der Waals surface area (Å²) in [5.74, 6) is -0.279. The van der Waals surface area contributed by atoms with Crippen LogP contribution in [0.1, 0.15) is 37.5 Å². The molecule has 0 heterocycles. The van der Waals surface area contributed by atoms with Gasteiger partial charge in [0.05, 0.1) is 0 Å². The van der Waals surface area contributed by atoms with Crippen LogP contribution in [0.4, 0.5) is 4.39 Å². The van der Waals surface area contributed by atoms with E-state index in [1.807, 2.05) is 45.9 Å². The zero-order valence-electron chi connectivity index (χ0n) is 17.7. The Bertz CT molecular complexity index is 850. The molecule has 2 aromatic carbocycles. The second-order valence-electron chi connectivity index (χ2n) is 7.47. The van der Waals surface area contributed by atoms with Gasteiger partial charge in [0.1, 0.15) is 17.6 Å². The second-order valence-corrected chi connectivity index (χ2v) is 7.47. The summed E-state index contributed by atoms with van der Waals surface area (Å²) in [6, 6.07) is 10.8. The number of ether oxygens (including phenoxy) is 1. The third kappa shape index (κ3) is 6.31. The fourth-order valence-corrected chi connectivity index (χ4v) is 2.88. The lowest BCUT2D eigenvalue weighted by Crippen LogP contribution is -2.50. The van der Waals surface area contributed by atoms with Crippen LogP contribution in [0.3, 0.4) is 0 Å². The summed E-state index contributed by atoms with van der Waals surface area (Å²) in [5.41, 5.74) is 2.77. The maximum Gasteiger partial charge on any atom is 0.261 e. The minimum Gasteiger partial charge on any atom is -0.483 e. The van der Waals surface area contributed by atoms with Crippen LogP contribution in [0, 0.1) is 19.7 Å². The summed E-state index contributed by atoms with van der Waals surface area (Å²) in [4.78, 5) is 26.9. The van der Waals surface area contributed by atoms with Gasteiger partial charge >= 0.3 is 0 Å². The molecule has 0 spiro atoms. The number of benzene rings is 2. The van der Waals surface area contributed by atoms with E-state index in [1.165, 1.54) is 17.0 Å². The Morgan fingerprint density at radius 1 is 1.07 bits per heavy atom. The fraction of sp³-hybridized carbons (Fsp3) is 0.391. The Labute approximate surface area is 171 Å². The molecule has 0 saturated carbocycles. The highest BCUT2D eigenvalue weighted by Gasteiger charge is 2.27. The lowest BCUT2D eigenvalue weighted by Gasteiger charge is -2.29. The maximum absolute atomic E-state index is 13.2. The Hall–Kier alpha value is -2.89. The predicted octanol–water partition coefficient (Wildman–Crippen LogP) is 3.76. The molecular formula is C23H29FN2O3. The van der Waals surface area contributed by atoms with Crippen LogP contribution in [-0.2, 0) is 16.1 Å². The minimum absolute atomic E-state index is 0.0427. The van der Waals surface area contributed by atoms with E-state index in [-0.39, 0.29) is 36.8 Å². The van der Waals surface area contributed by atoms with Crippen molar-refractivity contribution in [1.82, 2.24) is 10.2 Å². The van der Waals surface area contributed by atoms with Gasteiger partial charge in [0.15, 0.2) is 6.61 Å². The van der Waals surface area contributed by atoms with Crippen molar-refractivity contribution in [2.24, 2.45) is 0 Å². The van der Waals surface area contributed by atoms with Gasteiger partial charge in [0.25, 0.3) is 5.91 Å². The molecule has 0 saturated heterocycles. The van der Waals surface area contributed by atoms with E-state index < -0.39 is 6.04 Å². The standard InChI is InChI=1S/C23H29FN2O3/c1-15(2)25-23(28)18(5)26(13-19-9-11-20(24)12-10-19)22(27)14-29-21-8-6-7-16(3)17(21)4/h6-12,15,18H,13-14H2,1-5H3,(H,25,28). The molecule has 2 amide bonds. The highest BCUT2D eigenvalue weighted by atomic mass is 19.1. The van der Waals surface area contributed by atoms with Crippen molar-refractivity contribution in [3.63, 3.8) is 0 Å². The van der Waals surface area contributed by atoms with E-state index in [9.17, 15) is 14.0 Å². The maximum atomic E-state index is 13.2. The smallest absolute Gasteiger partial charge is 0.261 e. The van der Waals surface area contributed by atoms with Crippen molar-refractivity contribution >= 4 is 11.8 Å². The molecule has 0 aliphatic heterocycles. The van der Waals surface area contributed by atoms with Crippen molar-refractivity contribution in [1.29, 1.82) is 0 Å². The number of amides is 2. The monoisotopic (exact) mass is 400 g/mol. The third-order valence-electron chi connectivity index (χ3n) is 4.77. The van der Waals surface area contributed by atoms with Gasteiger partial charge in [0.2, 0.25) is 5.91 Å². The average molecular weight is 400 g/mol. The number of hydrogen-bond donors (Lipinski definition) is 1. The fourth-order valence-electron chi connectivity index (χ4n) is 2.88. The first kappa shape index (κ1) is 22.4. The van der Waals surface area contributed by atoms with Gasteiger partial charge in [-0.15, -0.1) is 0 Å². The normalized spacial score (nSPS) is 11.8. The van der Waals surface area contributed by atoms with Crippen LogP contribution >= 0.6 is 0 Å². The Balaban J connectivity index is 2.17. The van der Waals surface area contributed by atoms with E-state index in [4.69, 9.17) is 4.74 Å². The molecule has 1 N–H and O–H groups in total. The summed E-state index contributed by atoms with van der Waals surface area (Å²) >= 11 is 0. The van der Waals surface area contributed by atoms with Crippen molar-refractivity contribution < 1.29 is 18.7 Å². The molecule has 0 aliphatic rings. The SMILES string of the molecule is Cc1cccc(OCC(=O)N(Cc2ccc(F)cc2)C(C)C(=O)NC(C)C)c1C. The second kappa shape index (κ2) is 10.0. The number of halogens is 1. The van der Waals surface area contributed by atoms with Gasteiger partial charge in [-0.3, -0.25) is 9.59 Å². The molecule has 156 valence electrons. The van der Waals surface area contributed by atoms with Crippen LogP contribution in [0.5, 0.6) is 5.75 Å². The molecule has 0 fully saturated rings. The third-order valence-corrected chi connectivity index (χ3v) is 4.77. The van der Waals surface area contributed by atoms with Crippen molar-refractivity contribution in [3.05, 3.63) is 65.0 Å². The summed E-state index contributed by atoms with van der Waals surface area (Å²) < 4.78 is 19.0. The molecule has 1 atom stereocenters. The molecule has 0 aliphatic carbocycles. The number of aryl methyl sites for hydroxylation is 1. The van der Waals surface area contributed by atoms with Crippen LogP contribution in [0.25, 0.3) is 0 Å². The summed E-state index contributed by atoms with van der Waals surface area (Å²) in [5, 5.41) is 2.83. The predicted molar refractivity (Wildman–Crippen MR) is 111 cm³/mol. The van der Waals surface area contributed by atoms with Crippen LogP contribution < -0.4 is 10.1 Å². The number of hydrogen-bond acceptors (Lipinski definition) is 3. The molecular weight excluding hydrogens is 371 g/mol. The van der Waals surface area contributed by atoms with Gasteiger partial charge < -0.3 is 15.0 Å². The number of nitrogens with one attached hydrogen (secondary N) is 1. The van der Waals surface area contributed by atoms with E-state index >= 15 is 0 Å².